The molecule has 2 aromatic heterocycles. The summed E-state index contributed by atoms with van der Waals surface area (Å²) in [6.45, 7) is 0. The highest BCUT2D eigenvalue weighted by atomic mass is 32.1. The summed E-state index contributed by atoms with van der Waals surface area (Å²) in [7, 11) is 1.60. The first-order valence-corrected chi connectivity index (χ1v) is 6.55. The SMILES string of the molecule is COc1cccc(-c2nc(-c3ccccc3)ns2)n1. The van der Waals surface area contributed by atoms with Crippen LogP contribution in [-0.4, -0.2) is 21.5 Å². The number of nitrogens with zero attached hydrogens (tertiary/aromatic N) is 3. The van der Waals surface area contributed by atoms with Crippen molar-refractivity contribution in [2.45, 2.75) is 0 Å². The van der Waals surface area contributed by atoms with Gasteiger partial charge in [-0.2, -0.15) is 4.37 Å². The Balaban J connectivity index is 1.97. The monoisotopic (exact) mass is 269 g/mol. The summed E-state index contributed by atoms with van der Waals surface area (Å²) in [6.07, 6.45) is 0. The fraction of sp³-hybridized carbons (Fsp3) is 0.0714. The second kappa shape index (κ2) is 5.16. The van der Waals surface area contributed by atoms with E-state index in [9.17, 15) is 0 Å². The molecular formula is C14H11N3OS. The first kappa shape index (κ1) is 11.8. The summed E-state index contributed by atoms with van der Waals surface area (Å²) in [5, 5.41) is 0.790. The summed E-state index contributed by atoms with van der Waals surface area (Å²) in [5.74, 6) is 1.30. The number of aromatic nitrogens is 3. The predicted octanol–water partition coefficient (Wildman–Crippen LogP) is 3.28. The van der Waals surface area contributed by atoms with Crippen molar-refractivity contribution in [3.63, 3.8) is 0 Å². The number of rotatable bonds is 3. The van der Waals surface area contributed by atoms with E-state index in [1.54, 1.807) is 7.11 Å². The van der Waals surface area contributed by atoms with E-state index < -0.39 is 0 Å². The molecule has 0 N–H and O–H groups in total. The van der Waals surface area contributed by atoms with Crippen molar-refractivity contribution in [1.29, 1.82) is 0 Å². The molecule has 0 aliphatic carbocycles. The van der Waals surface area contributed by atoms with Crippen molar-refractivity contribution in [3.05, 3.63) is 48.5 Å². The van der Waals surface area contributed by atoms with Crippen LogP contribution in [0.1, 0.15) is 0 Å². The van der Waals surface area contributed by atoms with E-state index in [4.69, 9.17) is 4.74 Å². The maximum atomic E-state index is 5.11. The lowest BCUT2D eigenvalue weighted by Crippen LogP contribution is -1.89. The lowest BCUT2D eigenvalue weighted by molar-refractivity contribution is 0.398. The second-order valence-corrected chi connectivity index (χ2v) is 4.61. The molecule has 0 aliphatic heterocycles. The molecule has 0 amide bonds. The van der Waals surface area contributed by atoms with Crippen molar-refractivity contribution in [1.82, 2.24) is 14.3 Å². The van der Waals surface area contributed by atoms with Crippen LogP contribution in [0.3, 0.4) is 0 Å². The minimum Gasteiger partial charge on any atom is -0.481 e. The number of hydrogen-bond acceptors (Lipinski definition) is 5. The Kier molecular flexibility index (Phi) is 3.20. The smallest absolute Gasteiger partial charge is 0.213 e. The summed E-state index contributed by atoms with van der Waals surface area (Å²) < 4.78 is 9.48. The van der Waals surface area contributed by atoms with Gasteiger partial charge in [-0.1, -0.05) is 36.4 Å². The zero-order chi connectivity index (χ0) is 13.1. The van der Waals surface area contributed by atoms with Gasteiger partial charge in [0.2, 0.25) is 5.88 Å². The number of ether oxygens (including phenoxy) is 1. The van der Waals surface area contributed by atoms with Gasteiger partial charge in [0.1, 0.15) is 5.69 Å². The quantitative estimate of drug-likeness (QED) is 0.732. The van der Waals surface area contributed by atoms with Gasteiger partial charge in [0.05, 0.1) is 7.11 Å². The molecule has 19 heavy (non-hydrogen) atoms. The molecule has 0 saturated carbocycles. The molecule has 0 unspecified atom stereocenters. The van der Waals surface area contributed by atoms with Crippen molar-refractivity contribution in [3.8, 4) is 28.0 Å². The number of benzene rings is 1. The summed E-state index contributed by atoms with van der Waals surface area (Å²) in [6, 6.07) is 15.5. The van der Waals surface area contributed by atoms with Gasteiger partial charge in [0, 0.05) is 11.6 Å². The van der Waals surface area contributed by atoms with Crippen LogP contribution < -0.4 is 4.74 Å². The summed E-state index contributed by atoms with van der Waals surface area (Å²) in [4.78, 5) is 8.87. The van der Waals surface area contributed by atoms with Crippen LogP contribution in [0.15, 0.2) is 48.5 Å². The molecule has 0 aliphatic rings. The van der Waals surface area contributed by atoms with Crippen molar-refractivity contribution in [2.24, 2.45) is 0 Å². The number of pyridine rings is 1. The van der Waals surface area contributed by atoms with Gasteiger partial charge in [-0.15, -0.1) is 0 Å². The van der Waals surface area contributed by atoms with E-state index in [2.05, 4.69) is 14.3 Å². The molecule has 0 spiro atoms. The highest BCUT2D eigenvalue weighted by molar-refractivity contribution is 7.09. The van der Waals surface area contributed by atoms with E-state index in [0.29, 0.717) is 5.88 Å². The van der Waals surface area contributed by atoms with Crippen LogP contribution in [0.2, 0.25) is 0 Å². The molecule has 0 radical (unpaired) electrons. The number of hydrogen-bond donors (Lipinski definition) is 0. The standard InChI is InChI=1S/C14H11N3OS/c1-18-12-9-5-8-11(15-12)14-16-13(17-19-14)10-6-3-2-4-7-10/h2-9H,1H3. The van der Waals surface area contributed by atoms with Crippen LogP contribution in [0.4, 0.5) is 0 Å². The van der Waals surface area contributed by atoms with Crippen molar-refractivity contribution < 1.29 is 4.74 Å². The zero-order valence-corrected chi connectivity index (χ0v) is 11.1. The molecular weight excluding hydrogens is 258 g/mol. The van der Waals surface area contributed by atoms with Crippen molar-refractivity contribution in [2.75, 3.05) is 7.11 Å². The van der Waals surface area contributed by atoms with Crippen LogP contribution in [0.5, 0.6) is 5.88 Å². The van der Waals surface area contributed by atoms with Gasteiger partial charge in [0.15, 0.2) is 10.8 Å². The molecule has 0 saturated heterocycles. The van der Waals surface area contributed by atoms with Gasteiger partial charge < -0.3 is 4.74 Å². The largest absolute Gasteiger partial charge is 0.481 e. The number of methoxy groups -OCH3 is 1. The Bertz CT molecular complexity index is 682. The third-order valence-electron chi connectivity index (χ3n) is 2.61. The van der Waals surface area contributed by atoms with E-state index in [-0.39, 0.29) is 0 Å². The molecule has 3 rings (SSSR count). The van der Waals surface area contributed by atoms with Gasteiger partial charge in [-0.05, 0) is 17.6 Å². The average Bonchev–Trinajstić information content (AvgIpc) is 2.98. The first-order valence-electron chi connectivity index (χ1n) is 5.77. The molecule has 2 heterocycles. The fourth-order valence-electron chi connectivity index (χ4n) is 1.68. The van der Waals surface area contributed by atoms with E-state index >= 15 is 0 Å². The highest BCUT2D eigenvalue weighted by Gasteiger charge is 2.09. The molecule has 1 aromatic carbocycles. The topological polar surface area (TPSA) is 47.9 Å². The normalized spacial score (nSPS) is 10.4. The Morgan fingerprint density at radius 3 is 2.58 bits per heavy atom. The van der Waals surface area contributed by atoms with Crippen LogP contribution in [-0.2, 0) is 0 Å². The molecule has 4 nitrogen and oxygen atoms in total. The lowest BCUT2D eigenvalue weighted by Gasteiger charge is -1.99. The van der Waals surface area contributed by atoms with Gasteiger partial charge in [-0.3, -0.25) is 0 Å². The molecule has 0 fully saturated rings. The predicted molar refractivity (Wildman–Crippen MR) is 75.1 cm³/mol. The Morgan fingerprint density at radius 1 is 0.947 bits per heavy atom. The minimum atomic E-state index is 0.578. The van der Waals surface area contributed by atoms with E-state index in [0.717, 1.165) is 22.1 Å². The maximum Gasteiger partial charge on any atom is 0.213 e. The Hall–Kier alpha value is -2.27. The lowest BCUT2D eigenvalue weighted by atomic mass is 10.2. The molecule has 5 heteroatoms. The first-order chi connectivity index (χ1) is 9.36. The summed E-state index contributed by atoms with van der Waals surface area (Å²) >= 11 is 1.34. The fourth-order valence-corrected chi connectivity index (χ4v) is 2.33. The zero-order valence-electron chi connectivity index (χ0n) is 10.3. The highest BCUT2D eigenvalue weighted by Crippen LogP contribution is 2.25. The molecule has 0 bridgehead atoms. The average molecular weight is 269 g/mol. The van der Waals surface area contributed by atoms with Gasteiger partial charge in [-0.25, -0.2) is 9.97 Å². The third-order valence-corrected chi connectivity index (χ3v) is 3.35. The van der Waals surface area contributed by atoms with Crippen LogP contribution in [0.25, 0.3) is 22.1 Å². The van der Waals surface area contributed by atoms with Crippen LogP contribution >= 0.6 is 11.5 Å². The third kappa shape index (κ3) is 2.46. The van der Waals surface area contributed by atoms with Gasteiger partial charge >= 0.3 is 0 Å². The molecule has 0 atom stereocenters. The minimum absolute atomic E-state index is 0.578. The Morgan fingerprint density at radius 2 is 1.79 bits per heavy atom. The van der Waals surface area contributed by atoms with E-state index in [1.807, 2.05) is 48.5 Å². The molecule has 3 aromatic rings. The maximum absolute atomic E-state index is 5.11. The van der Waals surface area contributed by atoms with Crippen LogP contribution in [0, 0.1) is 0 Å². The Labute approximate surface area is 114 Å². The van der Waals surface area contributed by atoms with Gasteiger partial charge in [0.25, 0.3) is 0 Å². The summed E-state index contributed by atoms with van der Waals surface area (Å²) in [5.41, 5.74) is 1.78. The second-order valence-electron chi connectivity index (χ2n) is 3.85. The van der Waals surface area contributed by atoms with Crippen molar-refractivity contribution >= 4 is 11.5 Å². The molecule has 94 valence electrons. The van der Waals surface area contributed by atoms with E-state index in [1.165, 1.54) is 11.5 Å².